The molecule has 0 aliphatic rings. The van der Waals surface area contributed by atoms with Crippen LogP contribution >= 0.6 is 0 Å². The molecule has 0 atom stereocenters. The number of nitrogens with one attached hydrogen (secondary N) is 2. The Morgan fingerprint density at radius 3 is 2.67 bits per heavy atom. The first kappa shape index (κ1) is 15.8. The number of aromatic amines is 1. The number of methoxy groups -OCH3 is 1. The average Bonchev–Trinajstić information content (AvgIpc) is 3.13. The minimum Gasteiger partial charge on any atom is -0.493 e. The minimum atomic E-state index is 0.433. The van der Waals surface area contributed by atoms with Crippen LogP contribution in [-0.4, -0.2) is 27.7 Å². The molecule has 0 bridgehead atoms. The van der Waals surface area contributed by atoms with Crippen molar-refractivity contribution in [3.05, 3.63) is 59.2 Å². The van der Waals surface area contributed by atoms with Crippen LogP contribution in [0.1, 0.15) is 16.7 Å². The minimum absolute atomic E-state index is 0.433. The molecule has 0 aliphatic carbocycles. The third-order valence-corrected chi connectivity index (χ3v) is 3.57. The fourth-order valence-electron chi connectivity index (χ4n) is 2.28. The number of nitrogens with zero attached hydrogens (tertiary/aromatic N) is 3. The first-order valence-electron chi connectivity index (χ1n) is 7.58. The molecule has 0 saturated carbocycles. The maximum atomic E-state index is 6.03. The number of ether oxygens (including phenoxy) is 2. The number of H-pyrrole nitrogens is 1. The Balaban J connectivity index is 1.75. The molecule has 0 fully saturated rings. The highest BCUT2D eigenvalue weighted by atomic mass is 16.5. The summed E-state index contributed by atoms with van der Waals surface area (Å²) in [4.78, 5) is 0. The molecule has 0 unspecified atom stereocenters. The number of hydrogen-bond acceptors (Lipinski definition) is 6. The highest BCUT2D eigenvalue weighted by Crippen LogP contribution is 2.32. The van der Waals surface area contributed by atoms with E-state index < -0.39 is 0 Å². The summed E-state index contributed by atoms with van der Waals surface area (Å²) in [7, 11) is 1.63. The van der Waals surface area contributed by atoms with Gasteiger partial charge in [-0.15, -0.1) is 5.10 Å². The number of aromatic nitrogens is 4. The second-order valence-electron chi connectivity index (χ2n) is 5.31. The number of para-hydroxylation sites is 1. The molecule has 7 heteroatoms. The molecule has 2 N–H and O–H groups in total. The van der Waals surface area contributed by atoms with Crippen LogP contribution in [0.4, 0.5) is 5.95 Å². The topological polar surface area (TPSA) is 85.0 Å². The average molecular weight is 325 g/mol. The SMILES string of the molecule is COc1cccc(CNc2nn[nH]n2)c1OCc1ccc(C)cc1. The largest absolute Gasteiger partial charge is 0.493 e. The third-order valence-electron chi connectivity index (χ3n) is 3.57. The molecule has 7 nitrogen and oxygen atoms in total. The molecule has 1 aromatic heterocycles. The zero-order valence-corrected chi connectivity index (χ0v) is 13.6. The summed E-state index contributed by atoms with van der Waals surface area (Å²) in [6.45, 7) is 3.03. The normalized spacial score (nSPS) is 10.4. The predicted octanol–water partition coefficient (Wildman–Crippen LogP) is 2.71. The van der Waals surface area contributed by atoms with Crippen molar-refractivity contribution in [3.63, 3.8) is 0 Å². The van der Waals surface area contributed by atoms with Crippen LogP contribution in [0.25, 0.3) is 0 Å². The fraction of sp³-hybridized carbons (Fsp3) is 0.235. The Morgan fingerprint density at radius 1 is 1.12 bits per heavy atom. The Bertz CT molecular complexity index is 772. The summed E-state index contributed by atoms with van der Waals surface area (Å²) in [6.07, 6.45) is 0. The van der Waals surface area contributed by atoms with E-state index in [0.29, 0.717) is 30.6 Å². The monoisotopic (exact) mass is 325 g/mol. The highest BCUT2D eigenvalue weighted by molar-refractivity contribution is 5.48. The number of aryl methyl sites for hydroxylation is 1. The van der Waals surface area contributed by atoms with E-state index in [4.69, 9.17) is 9.47 Å². The van der Waals surface area contributed by atoms with Crippen molar-refractivity contribution in [2.45, 2.75) is 20.1 Å². The van der Waals surface area contributed by atoms with E-state index >= 15 is 0 Å². The van der Waals surface area contributed by atoms with Gasteiger partial charge in [-0.2, -0.15) is 5.21 Å². The van der Waals surface area contributed by atoms with Crippen LogP contribution in [0.15, 0.2) is 42.5 Å². The Morgan fingerprint density at radius 2 is 1.96 bits per heavy atom. The lowest BCUT2D eigenvalue weighted by molar-refractivity contribution is 0.281. The van der Waals surface area contributed by atoms with Crippen molar-refractivity contribution in [3.8, 4) is 11.5 Å². The number of anilines is 1. The van der Waals surface area contributed by atoms with Crippen LogP contribution in [0.3, 0.4) is 0 Å². The van der Waals surface area contributed by atoms with E-state index in [2.05, 4.69) is 57.1 Å². The zero-order chi connectivity index (χ0) is 16.8. The summed E-state index contributed by atoms with van der Waals surface area (Å²) in [6, 6.07) is 14.0. The summed E-state index contributed by atoms with van der Waals surface area (Å²) in [5, 5.41) is 16.8. The second-order valence-corrected chi connectivity index (χ2v) is 5.31. The maximum Gasteiger partial charge on any atom is 0.263 e. The van der Waals surface area contributed by atoms with Gasteiger partial charge in [-0.05, 0) is 23.8 Å². The molecular weight excluding hydrogens is 306 g/mol. The van der Waals surface area contributed by atoms with Gasteiger partial charge in [-0.1, -0.05) is 47.1 Å². The molecule has 1 heterocycles. The molecule has 0 amide bonds. The predicted molar refractivity (Wildman–Crippen MR) is 90.0 cm³/mol. The maximum absolute atomic E-state index is 6.03. The lowest BCUT2D eigenvalue weighted by atomic mass is 10.1. The van der Waals surface area contributed by atoms with Gasteiger partial charge in [-0.3, -0.25) is 0 Å². The van der Waals surface area contributed by atoms with Crippen molar-refractivity contribution in [2.75, 3.05) is 12.4 Å². The lowest BCUT2D eigenvalue weighted by Gasteiger charge is -2.15. The van der Waals surface area contributed by atoms with Crippen molar-refractivity contribution >= 4 is 5.95 Å². The van der Waals surface area contributed by atoms with Gasteiger partial charge in [0.25, 0.3) is 5.95 Å². The Labute approximate surface area is 140 Å². The zero-order valence-electron chi connectivity index (χ0n) is 13.6. The van der Waals surface area contributed by atoms with Gasteiger partial charge in [0.1, 0.15) is 6.61 Å². The van der Waals surface area contributed by atoms with Crippen molar-refractivity contribution in [1.82, 2.24) is 20.6 Å². The fourth-order valence-corrected chi connectivity index (χ4v) is 2.28. The number of tetrazole rings is 1. The summed E-state index contributed by atoms with van der Waals surface area (Å²) in [5.74, 6) is 1.83. The van der Waals surface area contributed by atoms with E-state index in [1.165, 1.54) is 5.56 Å². The molecule has 0 aliphatic heterocycles. The molecule has 3 aromatic rings. The van der Waals surface area contributed by atoms with E-state index in [1.54, 1.807) is 7.11 Å². The first-order chi connectivity index (χ1) is 11.8. The van der Waals surface area contributed by atoms with Gasteiger partial charge in [0.05, 0.1) is 7.11 Å². The van der Waals surface area contributed by atoms with E-state index in [1.807, 2.05) is 18.2 Å². The van der Waals surface area contributed by atoms with Crippen molar-refractivity contribution < 1.29 is 9.47 Å². The highest BCUT2D eigenvalue weighted by Gasteiger charge is 2.11. The van der Waals surface area contributed by atoms with Gasteiger partial charge in [0.2, 0.25) is 0 Å². The quantitative estimate of drug-likeness (QED) is 0.695. The molecular formula is C17H19N5O2. The molecule has 0 spiro atoms. The van der Waals surface area contributed by atoms with Crippen LogP contribution < -0.4 is 14.8 Å². The third kappa shape index (κ3) is 3.81. The van der Waals surface area contributed by atoms with Gasteiger partial charge in [0, 0.05) is 12.1 Å². The van der Waals surface area contributed by atoms with E-state index in [0.717, 1.165) is 11.1 Å². The summed E-state index contributed by atoms with van der Waals surface area (Å²) < 4.78 is 11.5. The van der Waals surface area contributed by atoms with Gasteiger partial charge >= 0.3 is 0 Å². The summed E-state index contributed by atoms with van der Waals surface area (Å²) >= 11 is 0. The van der Waals surface area contributed by atoms with Crippen LogP contribution in [0, 0.1) is 6.92 Å². The molecule has 0 saturated heterocycles. The second kappa shape index (κ2) is 7.45. The van der Waals surface area contributed by atoms with Gasteiger partial charge < -0.3 is 14.8 Å². The van der Waals surface area contributed by atoms with E-state index in [-0.39, 0.29) is 0 Å². The molecule has 3 rings (SSSR count). The van der Waals surface area contributed by atoms with Crippen LogP contribution in [0.5, 0.6) is 11.5 Å². The molecule has 24 heavy (non-hydrogen) atoms. The van der Waals surface area contributed by atoms with Crippen LogP contribution in [-0.2, 0) is 13.2 Å². The molecule has 0 radical (unpaired) electrons. The van der Waals surface area contributed by atoms with Gasteiger partial charge in [0.15, 0.2) is 11.5 Å². The first-order valence-corrected chi connectivity index (χ1v) is 7.58. The summed E-state index contributed by atoms with van der Waals surface area (Å²) in [5.41, 5.74) is 3.27. The number of hydrogen-bond donors (Lipinski definition) is 2. The Hall–Kier alpha value is -3.09. The van der Waals surface area contributed by atoms with Crippen molar-refractivity contribution in [2.24, 2.45) is 0 Å². The smallest absolute Gasteiger partial charge is 0.263 e. The van der Waals surface area contributed by atoms with Crippen LogP contribution in [0.2, 0.25) is 0 Å². The van der Waals surface area contributed by atoms with Crippen molar-refractivity contribution in [1.29, 1.82) is 0 Å². The van der Waals surface area contributed by atoms with Gasteiger partial charge in [-0.25, -0.2) is 0 Å². The number of rotatable bonds is 7. The molecule has 2 aromatic carbocycles. The standard InChI is InChI=1S/C17H19N5O2/c1-12-6-8-13(9-7-12)11-24-16-14(4-3-5-15(16)23-2)10-18-17-19-21-22-20-17/h3-9H,10-11H2,1-2H3,(H2,18,19,20,21,22). The molecule has 124 valence electrons. The van der Waals surface area contributed by atoms with E-state index in [9.17, 15) is 0 Å². The Kier molecular flexibility index (Phi) is 4.90. The lowest BCUT2D eigenvalue weighted by Crippen LogP contribution is -2.06. The number of benzene rings is 2.